The van der Waals surface area contributed by atoms with Gasteiger partial charge in [0.05, 0.1) is 30.3 Å². The lowest BCUT2D eigenvalue weighted by Crippen LogP contribution is -2.21. The molecule has 0 bridgehead atoms. The van der Waals surface area contributed by atoms with Crippen molar-refractivity contribution in [1.29, 1.82) is 0 Å². The number of carbonyl (C=O) groups is 2. The number of nitrogens with one attached hydrogen (secondary N) is 2. The molecule has 124 valence electrons. The van der Waals surface area contributed by atoms with E-state index in [-0.39, 0.29) is 17.5 Å². The second-order valence-corrected chi connectivity index (χ2v) is 5.61. The van der Waals surface area contributed by atoms with E-state index in [1.165, 1.54) is 19.2 Å². The monoisotopic (exact) mass is 328 g/mol. The molecule has 0 aliphatic heterocycles. The maximum absolute atomic E-state index is 13.6. The predicted molar refractivity (Wildman–Crippen MR) is 88.3 cm³/mol. The summed E-state index contributed by atoms with van der Waals surface area (Å²) in [5.41, 5.74) is 0.684. The summed E-state index contributed by atoms with van der Waals surface area (Å²) in [6.07, 6.45) is 0.446. The van der Waals surface area contributed by atoms with Gasteiger partial charge in [-0.3, -0.25) is 9.59 Å². The minimum atomic E-state index is -0.499. The van der Waals surface area contributed by atoms with Gasteiger partial charge in [-0.25, -0.2) is 4.39 Å². The molecule has 1 fully saturated rings. The summed E-state index contributed by atoms with van der Waals surface area (Å²) in [7, 11) is 1.52. The molecule has 0 radical (unpaired) electrons. The number of anilines is 2. The van der Waals surface area contributed by atoms with Crippen molar-refractivity contribution < 1.29 is 18.7 Å². The number of ether oxygens (including phenoxy) is 1. The van der Waals surface area contributed by atoms with Crippen molar-refractivity contribution >= 4 is 23.2 Å². The van der Waals surface area contributed by atoms with Crippen LogP contribution in [0.2, 0.25) is 0 Å². The quantitative estimate of drug-likeness (QED) is 0.886. The van der Waals surface area contributed by atoms with Crippen LogP contribution >= 0.6 is 0 Å². The number of para-hydroxylation sites is 3. The Morgan fingerprint density at radius 1 is 0.958 bits per heavy atom. The van der Waals surface area contributed by atoms with Crippen molar-refractivity contribution in [3.63, 3.8) is 0 Å². The Labute approximate surface area is 138 Å². The van der Waals surface area contributed by atoms with Gasteiger partial charge in [0.1, 0.15) is 11.6 Å². The fourth-order valence-electron chi connectivity index (χ4n) is 2.54. The minimum absolute atomic E-state index is 0.123. The van der Waals surface area contributed by atoms with Crippen LogP contribution in [0.15, 0.2) is 48.5 Å². The maximum Gasteiger partial charge on any atom is 0.228 e. The number of hydrogen-bond donors (Lipinski definition) is 2. The molecule has 6 heteroatoms. The van der Waals surface area contributed by atoms with Crippen LogP contribution in [-0.2, 0) is 9.59 Å². The van der Waals surface area contributed by atoms with Crippen molar-refractivity contribution in [3.8, 4) is 5.75 Å². The number of hydrogen-bond acceptors (Lipinski definition) is 3. The highest BCUT2D eigenvalue weighted by Crippen LogP contribution is 2.41. The number of benzene rings is 2. The maximum atomic E-state index is 13.6. The molecule has 2 amide bonds. The number of halogens is 1. The average Bonchev–Trinajstić information content (AvgIpc) is 3.38. The van der Waals surface area contributed by atoms with Crippen molar-refractivity contribution in [2.75, 3.05) is 17.7 Å². The van der Waals surface area contributed by atoms with E-state index in [9.17, 15) is 14.0 Å². The average molecular weight is 328 g/mol. The van der Waals surface area contributed by atoms with E-state index in [1.54, 1.807) is 36.4 Å². The van der Waals surface area contributed by atoms with Gasteiger partial charge in [0.2, 0.25) is 11.8 Å². The molecule has 0 heterocycles. The normalized spacial score (nSPS) is 18.6. The van der Waals surface area contributed by atoms with Gasteiger partial charge in [-0.15, -0.1) is 0 Å². The molecule has 0 aromatic heterocycles. The van der Waals surface area contributed by atoms with Crippen LogP contribution in [0.3, 0.4) is 0 Å². The third-order valence-electron chi connectivity index (χ3n) is 3.96. The molecule has 0 spiro atoms. The third-order valence-corrected chi connectivity index (χ3v) is 3.96. The Bertz CT molecular complexity index is 778. The van der Waals surface area contributed by atoms with Gasteiger partial charge in [0.15, 0.2) is 0 Å². The minimum Gasteiger partial charge on any atom is -0.495 e. The van der Waals surface area contributed by atoms with Crippen LogP contribution in [0.1, 0.15) is 6.42 Å². The summed E-state index contributed by atoms with van der Waals surface area (Å²) >= 11 is 0. The summed E-state index contributed by atoms with van der Waals surface area (Å²) in [5, 5.41) is 5.29. The summed E-state index contributed by atoms with van der Waals surface area (Å²) in [6.45, 7) is 0. The topological polar surface area (TPSA) is 67.4 Å². The lowest BCUT2D eigenvalue weighted by Gasteiger charge is -2.10. The molecule has 0 saturated heterocycles. The standard InChI is InChI=1S/C18H17FN2O3/c1-24-16-9-5-4-8-15(16)21-18(23)12-10-11(12)17(22)20-14-7-3-2-6-13(14)19/h2-9,11-12H,10H2,1H3,(H,20,22)(H,21,23). The molecule has 1 aliphatic rings. The van der Waals surface area contributed by atoms with E-state index in [0.29, 0.717) is 17.9 Å². The molecule has 3 rings (SSSR count). The molecule has 1 saturated carbocycles. The Kier molecular flexibility index (Phi) is 4.46. The van der Waals surface area contributed by atoms with Crippen LogP contribution in [0.4, 0.5) is 15.8 Å². The highest BCUT2D eigenvalue weighted by molar-refractivity contribution is 6.03. The van der Waals surface area contributed by atoms with Crippen LogP contribution < -0.4 is 15.4 Å². The molecule has 2 aromatic carbocycles. The van der Waals surface area contributed by atoms with Gasteiger partial charge in [0, 0.05) is 0 Å². The molecule has 24 heavy (non-hydrogen) atoms. The molecule has 5 nitrogen and oxygen atoms in total. The summed E-state index contributed by atoms with van der Waals surface area (Å²) in [5.74, 6) is -1.39. The number of rotatable bonds is 5. The first-order valence-electron chi connectivity index (χ1n) is 7.59. The van der Waals surface area contributed by atoms with Crippen molar-refractivity contribution in [3.05, 3.63) is 54.3 Å². The SMILES string of the molecule is COc1ccccc1NC(=O)C1CC1C(=O)Nc1ccccc1F. The fourth-order valence-corrected chi connectivity index (χ4v) is 2.54. The van der Waals surface area contributed by atoms with E-state index < -0.39 is 17.7 Å². The predicted octanol–water partition coefficient (Wildman–Crippen LogP) is 3.05. The lowest BCUT2D eigenvalue weighted by atomic mass is 10.2. The Hall–Kier alpha value is -2.89. The summed E-state index contributed by atoms with van der Waals surface area (Å²) in [4.78, 5) is 24.4. The summed E-state index contributed by atoms with van der Waals surface area (Å²) < 4.78 is 18.7. The Morgan fingerprint density at radius 3 is 2.12 bits per heavy atom. The number of carbonyl (C=O) groups excluding carboxylic acids is 2. The van der Waals surface area contributed by atoms with Crippen LogP contribution in [0, 0.1) is 17.7 Å². The van der Waals surface area contributed by atoms with Crippen LogP contribution in [-0.4, -0.2) is 18.9 Å². The zero-order chi connectivity index (χ0) is 17.1. The van der Waals surface area contributed by atoms with Gasteiger partial charge < -0.3 is 15.4 Å². The van der Waals surface area contributed by atoms with Gasteiger partial charge >= 0.3 is 0 Å². The number of amides is 2. The second kappa shape index (κ2) is 6.70. The Balaban J connectivity index is 1.59. The van der Waals surface area contributed by atoms with Gasteiger partial charge in [-0.2, -0.15) is 0 Å². The smallest absolute Gasteiger partial charge is 0.228 e. The zero-order valence-corrected chi connectivity index (χ0v) is 13.1. The Morgan fingerprint density at radius 2 is 1.50 bits per heavy atom. The highest BCUT2D eigenvalue weighted by atomic mass is 19.1. The molecular formula is C18H17FN2O3. The largest absolute Gasteiger partial charge is 0.495 e. The van der Waals surface area contributed by atoms with E-state index in [0.717, 1.165) is 0 Å². The van der Waals surface area contributed by atoms with Crippen LogP contribution in [0.25, 0.3) is 0 Å². The lowest BCUT2D eigenvalue weighted by molar-refractivity contribution is -0.122. The first-order valence-corrected chi connectivity index (χ1v) is 7.59. The van der Waals surface area contributed by atoms with Crippen LogP contribution in [0.5, 0.6) is 5.75 Å². The first kappa shape index (κ1) is 16.0. The van der Waals surface area contributed by atoms with E-state index in [1.807, 2.05) is 0 Å². The van der Waals surface area contributed by atoms with Gasteiger partial charge in [-0.05, 0) is 30.7 Å². The van der Waals surface area contributed by atoms with Crippen molar-refractivity contribution in [1.82, 2.24) is 0 Å². The van der Waals surface area contributed by atoms with E-state index in [4.69, 9.17) is 4.74 Å². The first-order chi connectivity index (χ1) is 11.6. The van der Waals surface area contributed by atoms with E-state index >= 15 is 0 Å². The zero-order valence-electron chi connectivity index (χ0n) is 13.1. The van der Waals surface area contributed by atoms with E-state index in [2.05, 4.69) is 10.6 Å². The molecule has 2 atom stereocenters. The molecular weight excluding hydrogens is 311 g/mol. The second-order valence-electron chi connectivity index (χ2n) is 5.61. The fraction of sp³-hybridized carbons (Fsp3) is 0.222. The molecule has 2 aromatic rings. The summed E-state index contributed by atoms with van der Waals surface area (Å²) in [6, 6.07) is 13.0. The van der Waals surface area contributed by atoms with Gasteiger partial charge in [0.25, 0.3) is 0 Å². The van der Waals surface area contributed by atoms with Gasteiger partial charge in [-0.1, -0.05) is 24.3 Å². The van der Waals surface area contributed by atoms with Crippen molar-refractivity contribution in [2.45, 2.75) is 6.42 Å². The number of methoxy groups -OCH3 is 1. The highest BCUT2D eigenvalue weighted by Gasteiger charge is 2.48. The molecule has 1 aliphatic carbocycles. The molecule has 2 unspecified atom stereocenters. The van der Waals surface area contributed by atoms with Crippen molar-refractivity contribution in [2.24, 2.45) is 11.8 Å². The third kappa shape index (κ3) is 3.37. The molecule has 2 N–H and O–H groups in total.